The molecule has 1 aromatic heterocycles. The van der Waals surface area contributed by atoms with Crippen LogP contribution in [0.1, 0.15) is 23.2 Å². The monoisotopic (exact) mass is 368 g/mol. The van der Waals surface area contributed by atoms with Crippen LogP contribution in [0.5, 0.6) is 5.75 Å². The summed E-state index contributed by atoms with van der Waals surface area (Å²) in [7, 11) is 1.67. The number of aryl methyl sites for hydroxylation is 1. The van der Waals surface area contributed by atoms with Crippen molar-refractivity contribution >= 4 is 28.4 Å². The Kier molecular flexibility index (Phi) is 4.60. The normalized spacial score (nSPS) is 16.3. The fraction of sp³-hybridized carbons (Fsp3) is 0.286. The lowest BCUT2D eigenvalue weighted by Gasteiger charge is -2.22. The van der Waals surface area contributed by atoms with Gasteiger partial charge in [-0.15, -0.1) is 0 Å². The maximum absolute atomic E-state index is 12.7. The zero-order valence-corrected chi connectivity index (χ0v) is 15.4. The van der Waals surface area contributed by atoms with Crippen LogP contribution in [0.3, 0.4) is 0 Å². The Bertz CT molecular complexity index is 947. The van der Waals surface area contributed by atoms with E-state index in [1.165, 1.54) is 11.3 Å². The molecule has 4 nitrogen and oxygen atoms in total. The molecule has 134 valence electrons. The number of halogens is 1. The van der Waals surface area contributed by atoms with Crippen LogP contribution in [0.2, 0.25) is 5.02 Å². The first-order valence-corrected chi connectivity index (χ1v) is 9.21. The molecule has 0 saturated heterocycles. The quantitative estimate of drug-likeness (QED) is 0.723. The van der Waals surface area contributed by atoms with E-state index in [2.05, 4.69) is 16.4 Å². The van der Waals surface area contributed by atoms with E-state index in [1.54, 1.807) is 7.11 Å². The molecule has 0 saturated carbocycles. The highest BCUT2D eigenvalue weighted by Crippen LogP contribution is 2.33. The van der Waals surface area contributed by atoms with Crippen molar-refractivity contribution in [3.05, 3.63) is 64.3 Å². The van der Waals surface area contributed by atoms with Gasteiger partial charge in [0.1, 0.15) is 5.75 Å². The van der Waals surface area contributed by atoms with Gasteiger partial charge in [-0.05, 0) is 60.7 Å². The molecule has 4 rings (SSSR count). The predicted molar refractivity (Wildman–Crippen MR) is 104 cm³/mol. The molecule has 0 aliphatic heterocycles. The van der Waals surface area contributed by atoms with Gasteiger partial charge in [0.2, 0.25) is 5.91 Å². The highest BCUT2D eigenvalue weighted by atomic mass is 35.5. The minimum atomic E-state index is 0.00000114. The van der Waals surface area contributed by atoms with Crippen molar-refractivity contribution in [2.75, 3.05) is 7.11 Å². The molecule has 1 atom stereocenters. The molecule has 1 heterocycles. The van der Waals surface area contributed by atoms with E-state index < -0.39 is 0 Å². The third-order valence-corrected chi connectivity index (χ3v) is 5.40. The van der Waals surface area contributed by atoms with Crippen LogP contribution in [0.15, 0.2) is 42.5 Å². The number of fused-ring (bicyclic) bond motifs is 3. The number of H-pyrrole nitrogens is 1. The van der Waals surface area contributed by atoms with Gasteiger partial charge in [0, 0.05) is 34.1 Å². The Labute approximate surface area is 157 Å². The molecule has 5 heteroatoms. The third-order valence-electron chi connectivity index (χ3n) is 5.15. The van der Waals surface area contributed by atoms with Crippen LogP contribution >= 0.6 is 11.6 Å². The second kappa shape index (κ2) is 7.04. The average molecular weight is 369 g/mol. The summed E-state index contributed by atoms with van der Waals surface area (Å²) in [5.41, 5.74) is 4.65. The lowest BCUT2D eigenvalue weighted by atomic mass is 9.85. The molecule has 3 aromatic rings. The second-order valence-corrected chi connectivity index (χ2v) is 7.21. The average Bonchev–Trinajstić information content (AvgIpc) is 3.04. The number of aromatic amines is 1. The van der Waals surface area contributed by atoms with Crippen molar-refractivity contribution in [3.8, 4) is 5.75 Å². The summed E-state index contributed by atoms with van der Waals surface area (Å²) in [6.45, 7) is 0.529. The van der Waals surface area contributed by atoms with Crippen molar-refractivity contribution in [3.63, 3.8) is 0 Å². The number of ether oxygens (including phenoxy) is 1. The minimum Gasteiger partial charge on any atom is -0.497 e. The van der Waals surface area contributed by atoms with E-state index in [9.17, 15) is 4.79 Å². The number of carbonyl (C=O) groups is 1. The van der Waals surface area contributed by atoms with E-state index in [4.69, 9.17) is 16.3 Å². The zero-order chi connectivity index (χ0) is 18.1. The first-order valence-electron chi connectivity index (χ1n) is 8.83. The molecule has 0 radical (unpaired) electrons. The number of hydrogen-bond acceptors (Lipinski definition) is 2. The van der Waals surface area contributed by atoms with E-state index >= 15 is 0 Å². The lowest BCUT2D eigenvalue weighted by Crippen LogP contribution is -2.33. The minimum absolute atomic E-state index is 0.00000114. The molecule has 0 bridgehead atoms. The third kappa shape index (κ3) is 3.29. The summed E-state index contributed by atoms with van der Waals surface area (Å²) in [5.74, 6) is 0.955. The molecule has 0 fully saturated rings. The smallest absolute Gasteiger partial charge is 0.223 e. The molecule has 1 unspecified atom stereocenters. The number of nitrogens with one attached hydrogen (secondary N) is 2. The number of rotatable bonds is 4. The fourth-order valence-electron chi connectivity index (χ4n) is 3.68. The maximum atomic E-state index is 12.7. The van der Waals surface area contributed by atoms with Crippen molar-refractivity contribution in [2.45, 2.75) is 25.8 Å². The van der Waals surface area contributed by atoms with Crippen molar-refractivity contribution < 1.29 is 9.53 Å². The fourth-order valence-corrected chi connectivity index (χ4v) is 3.81. The van der Waals surface area contributed by atoms with Crippen molar-refractivity contribution in [2.24, 2.45) is 5.92 Å². The van der Waals surface area contributed by atoms with Crippen molar-refractivity contribution in [1.29, 1.82) is 0 Å². The van der Waals surface area contributed by atoms with Gasteiger partial charge in [0.15, 0.2) is 0 Å². The van der Waals surface area contributed by atoms with Crippen LogP contribution in [0.25, 0.3) is 10.9 Å². The van der Waals surface area contributed by atoms with Gasteiger partial charge >= 0.3 is 0 Å². The summed E-state index contributed by atoms with van der Waals surface area (Å²) in [6, 6.07) is 13.6. The molecule has 26 heavy (non-hydrogen) atoms. The van der Waals surface area contributed by atoms with Crippen molar-refractivity contribution in [1.82, 2.24) is 10.3 Å². The van der Waals surface area contributed by atoms with Gasteiger partial charge < -0.3 is 15.0 Å². The van der Waals surface area contributed by atoms with Crippen LogP contribution in [-0.2, 0) is 24.2 Å². The molecule has 1 amide bonds. The van der Waals surface area contributed by atoms with Gasteiger partial charge in [-0.3, -0.25) is 4.79 Å². The van der Waals surface area contributed by atoms with Crippen LogP contribution in [0, 0.1) is 5.92 Å². The van der Waals surface area contributed by atoms with Gasteiger partial charge in [-0.25, -0.2) is 0 Å². The summed E-state index contributed by atoms with van der Waals surface area (Å²) >= 11 is 5.90. The standard InChI is InChI=1S/C21H21ClN2O2/c1-26-16-7-9-20-18(11-16)17-10-14(4-8-19(17)24-20)21(25)23-12-13-2-5-15(22)6-3-13/h2-3,5-7,9,11,14,24H,4,8,10,12H2,1H3,(H,23,25). The SMILES string of the molecule is COc1ccc2[nH]c3c(c2c1)CC(C(=O)NCc1ccc(Cl)cc1)CC3. The Morgan fingerprint density at radius 2 is 2.08 bits per heavy atom. The predicted octanol–water partition coefficient (Wildman–Crippen LogP) is 4.25. The van der Waals surface area contributed by atoms with Gasteiger partial charge in [-0.1, -0.05) is 23.7 Å². The molecular formula is C21H21ClN2O2. The number of benzene rings is 2. The van der Waals surface area contributed by atoms with Crippen LogP contribution in [-0.4, -0.2) is 18.0 Å². The second-order valence-electron chi connectivity index (χ2n) is 6.78. The van der Waals surface area contributed by atoms with E-state index in [0.717, 1.165) is 41.5 Å². The number of carbonyl (C=O) groups excluding carboxylic acids is 1. The Morgan fingerprint density at radius 3 is 2.85 bits per heavy atom. The lowest BCUT2D eigenvalue weighted by molar-refractivity contribution is -0.125. The summed E-state index contributed by atoms with van der Waals surface area (Å²) in [5, 5.41) is 4.93. The first-order chi connectivity index (χ1) is 12.6. The number of hydrogen-bond donors (Lipinski definition) is 2. The van der Waals surface area contributed by atoms with Gasteiger partial charge in [0.05, 0.1) is 7.11 Å². The Morgan fingerprint density at radius 1 is 1.27 bits per heavy atom. The maximum Gasteiger partial charge on any atom is 0.223 e. The number of amides is 1. The molecule has 0 spiro atoms. The summed E-state index contributed by atoms with van der Waals surface area (Å²) < 4.78 is 5.35. The highest BCUT2D eigenvalue weighted by molar-refractivity contribution is 6.30. The molecular weight excluding hydrogens is 348 g/mol. The van der Waals surface area contributed by atoms with E-state index in [0.29, 0.717) is 11.6 Å². The molecule has 2 aromatic carbocycles. The van der Waals surface area contributed by atoms with Gasteiger partial charge in [-0.2, -0.15) is 0 Å². The molecule has 1 aliphatic carbocycles. The van der Waals surface area contributed by atoms with E-state index in [1.807, 2.05) is 36.4 Å². The number of aromatic nitrogens is 1. The first kappa shape index (κ1) is 17.0. The number of methoxy groups -OCH3 is 1. The topological polar surface area (TPSA) is 54.1 Å². The largest absolute Gasteiger partial charge is 0.497 e. The highest BCUT2D eigenvalue weighted by Gasteiger charge is 2.27. The summed E-state index contributed by atoms with van der Waals surface area (Å²) in [6.07, 6.45) is 2.52. The van der Waals surface area contributed by atoms with Crippen LogP contribution < -0.4 is 10.1 Å². The summed E-state index contributed by atoms with van der Waals surface area (Å²) in [4.78, 5) is 16.1. The zero-order valence-electron chi connectivity index (χ0n) is 14.6. The van der Waals surface area contributed by atoms with E-state index in [-0.39, 0.29) is 11.8 Å². The molecule has 2 N–H and O–H groups in total. The Balaban J connectivity index is 1.48. The van der Waals surface area contributed by atoms with Gasteiger partial charge in [0.25, 0.3) is 0 Å². The molecule has 1 aliphatic rings. The van der Waals surface area contributed by atoms with Crippen LogP contribution in [0.4, 0.5) is 0 Å². The Hall–Kier alpha value is -2.46.